The molecule has 150 valence electrons. The van der Waals surface area contributed by atoms with E-state index in [2.05, 4.69) is 16.0 Å². The monoisotopic (exact) mass is 385 g/mol. The smallest absolute Gasteiger partial charge is 0.352 e. The fourth-order valence-electron chi connectivity index (χ4n) is 3.08. The van der Waals surface area contributed by atoms with Gasteiger partial charge in [-0.15, -0.1) is 0 Å². The summed E-state index contributed by atoms with van der Waals surface area (Å²) < 4.78 is 38.0. The summed E-state index contributed by atoms with van der Waals surface area (Å²) in [6.45, 7) is 0.411. The zero-order valence-electron chi connectivity index (χ0n) is 15.2. The predicted molar refractivity (Wildman–Crippen MR) is 95.9 cm³/mol. The second-order valence-electron chi connectivity index (χ2n) is 6.81. The summed E-state index contributed by atoms with van der Waals surface area (Å²) in [6.07, 6.45) is 1.76. The Kier molecular flexibility index (Phi) is 7.94. The molecule has 3 N–H and O–H groups in total. The molecule has 1 aromatic carbocycles. The molecular weight excluding hydrogens is 359 g/mol. The van der Waals surface area contributed by atoms with E-state index in [1.54, 1.807) is 0 Å². The molecule has 0 heterocycles. The van der Waals surface area contributed by atoms with E-state index in [1.165, 1.54) is 18.6 Å². The highest BCUT2D eigenvalue weighted by Crippen LogP contribution is 2.29. The zero-order chi connectivity index (χ0) is 19.7. The average molecular weight is 385 g/mol. The summed E-state index contributed by atoms with van der Waals surface area (Å²) in [5, 5.41) is 8.25. The molecule has 0 saturated heterocycles. The number of nitrogens with one attached hydrogen (secondary N) is 3. The maximum atomic E-state index is 12.7. The van der Waals surface area contributed by atoms with E-state index >= 15 is 0 Å². The summed E-state index contributed by atoms with van der Waals surface area (Å²) in [6, 6.07) is 4.89. The van der Waals surface area contributed by atoms with Crippen LogP contribution in [0, 0.1) is 0 Å². The molecule has 0 spiro atoms. The molecule has 0 bridgehead atoms. The van der Waals surface area contributed by atoms with Crippen LogP contribution in [0.4, 0.5) is 18.0 Å². The first-order chi connectivity index (χ1) is 12.8. The first-order valence-corrected chi connectivity index (χ1v) is 9.32. The standard InChI is InChI=1S/C19H26F3N3O2/c20-19(21,22)15-7-4-6-14(12-15)13-24-17(26)10-5-11-23-18(27)25-16-8-2-1-3-9-16/h4,6-7,12,16H,1-3,5,8-11,13H2,(H,24,26)(H2,23,25,27). The van der Waals surface area contributed by atoms with Crippen molar-refractivity contribution in [3.8, 4) is 0 Å². The van der Waals surface area contributed by atoms with Gasteiger partial charge in [-0.3, -0.25) is 4.79 Å². The lowest BCUT2D eigenvalue weighted by Gasteiger charge is -2.22. The van der Waals surface area contributed by atoms with Crippen LogP contribution in [0.1, 0.15) is 56.1 Å². The molecule has 0 atom stereocenters. The summed E-state index contributed by atoms with van der Waals surface area (Å²) in [5.74, 6) is -0.262. The maximum absolute atomic E-state index is 12.7. The van der Waals surface area contributed by atoms with Gasteiger partial charge in [0.1, 0.15) is 0 Å². The van der Waals surface area contributed by atoms with Crippen molar-refractivity contribution >= 4 is 11.9 Å². The Morgan fingerprint density at radius 3 is 2.52 bits per heavy atom. The molecule has 1 aliphatic carbocycles. The van der Waals surface area contributed by atoms with E-state index in [9.17, 15) is 22.8 Å². The van der Waals surface area contributed by atoms with Gasteiger partial charge < -0.3 is 16.0 Å². The topological polar surface area (TPSA) is 70.2 Å². The van der Waals surface area contributed by atoms with Crippen molar-refractivity contribution in [3.63, 3.8) is 0 Å². The van der Waals surface area contributed by atoms with Crippen molar-refractivity contribution in [2.24, 2.45) is 0 Å². The first-order valence-electron chi connectivity index (χ1n) is 9.32. The van der Waals surface area contributed by atoms with E-state index in [-0.39, 0.29) is 30.9 Å². The molecular formula is C19H26F3N3O2. The summed E-state index contributed by atoms with van der Waals surface area (Å²) in [4.78, 5) is 23.6. The van der Waals surface area contributed by atoms with Gasteiger partial charge in [-0.25, -0.2) is 4.79 Å². The maximum Gasteiger partial charge on any atom is 0.416 e. The highest BCUT2D eigenvalue weighted by molar-refractivity contribution is 5.76. The van der Waals surface area contributed by atoms with E-state index in [0.29, 0.717) is 18.5 Å². The number of halogens is 3. The number of benzene rings is 1. The summed E-state index contributed by atoms with van der Waals surface area (Å²) >= 11 is 0. The SMILES string of the molecule is O=C(CCCNC(=O)NC1CCCCC1)NCc1cccc(C(F)(F)F)c1. The lowest BCUT2D eigenvalue weighted by atomic mass is 9.96. The van der Waals surface area contributed by atoms with Crippen molar-refractivity contribution in [3.05, 3.63) is 35.4 Å². The van der Waals surface area contributed by atoms with E-state index in [1.807, 2.05) is 0 Å². The molecule has 1 saturated carbocycles. The Morgan fingerprint density at radius 1 is 1.07 bits per heavy atom. The Bertz CT molecular complexity index is 629. The van der Waals surface area contributed by atoms with Crippen molar-refractivity contribution < 1.29 is 22.8 Å². The lowest BCUT2D eigenvalue weighted by Crippen LogP contribution is -2.43. The van der Waals surface area contributed by atoms with Crippen molar-refractivity contribution in [1.82, 2.24) is 16.0 Å². The minimum Gasteiger partial charge on any atom is -0.352 e. The van der Waals surface area contributed by atoms with Crippen LogP contribution < -0.4 is 16.0 Å². The molecule has 1 aromatic rings. The second-order valence-corrected chi connectivity index (χ2v) is 6.81. The number of carbonyl (C=O) groups is 2. The van der Waals surface area contributed by atoms with Crippen LogP contribution in [-0.2, 0) is 17.5 Å². The van der Waals surface area contributed by atoms with Gasteiger partial charge in [0.05, 0.1) is 5.56 Å². The van der Waals surface area contributed by atoms with Gasteiger partial charge in [-0.2, -0.15) is 13.2 Å². The van der Waals surface area contributed by atoms with E-state index < -0.39 is 11.7 Å². The van der Waals surface area contributed by atoms with Crippen molar-refractivity contribution in [2.75, 3.05) is 6.54 Å². The third kappa shape index (κ3) is 7.88. The highest BCUT2D eigenvalue weighted by atomic mass is 19.4. The van der Waals surface area contributed by atoms with Crippen LogP contribution in [0.15, 0.2) is 24.3 Å². The fraction of sp³-hybridized carbons (Fsp3) is 0.579. The van der Waals surface area contributed by atoms with Crippen molar-refractivity contribution in [2.45, 2.75) is 63.7 Å². The van der Waals surface area contributed by atoms with Gasteiger partial charge in [-0.1, -0.05) is 31.4 Å². The van der Waals surface area contributed by atoms with Crippen LogP contribution in [0.25, 0.3) is 0 Å². The Hall–Kier alpha value is -2.25. The van der Waals surface area contributed by atoms with Crippen LogP contribution in [0.5, 0.6) is 0 Å². The third-order valence-electron chi connectivity index (χ3n) is 4.55. The van der Waals surface area contributed by atoms with Crippen LogP contribution in [0.2, 0.25) is 0 Å². The molecule has 5 nitrogen and oxygen atoms in total. The fourth-order valence-corrected chi connectivity index (χ4v) is 3.08. The number of hydrogen-bond acceptors (Lipinski definition) is 2. The number of amides is 3. The largest absolute Gasteiger partial charge is 0.416 e. The predicted octanol–water partition coefficient (Wildman–Crippen LogP) is 3.73. The highest BCUT2D eigenvalue weighted by Gasteiger charge is 2.30. The number of urea groups is 1. The minimum atomic E-state index is -4.40. The van der Waals surface area contributed by atoms with Crippen LogP contribution in [-0.4, -0.2) is 24.5 Å². The van der Waals surface area contributed by atoms with Crippen LogP contribution in [0.3, 0.4) is 0 Å². The molecule has 0 unspecified atom stereocenters. The second kappa shape index (κ2) is 10.2. The molecule has 1 fully saturated rings. The Morgan fingerprint density at radius 2 is 1.81 bits per heavy atom. The Labute approximate surface area is 157 Å². The van der Waals surface area contributed by atoms with Crippen LogP contribution >= 0.6 is 0 Å². The third-order valence-corrected chi connectivity index (χ3v) is 4.55. The molecule has 27 heavy (non-hydrogen) atoms. The normalized spacial score (nSPS) is 15.2. The van der Waals surface area contributed by atoms with Gasteiger partial charge >= 0.3 is 12.2 Å². The number of hydrogen-bond donors (Lipinski definition) is 3. The first kappa shape index (κ1) is 21.1. The van der Waals surface area contributed by atoms with E-state index in [4.69, 9.17) is 0 Å². The van der Waals surface area contributed by atoms with Gasteiger partial charge in [0.2, 0.25) is 5.91 Å². The molecule has 8 heteroatoms. The quantitative estimate of drug-likeness (QED) is 0.626. The zero-order valence-corrected chi connectivity index (χ0v) is 15.2. The summed E-state index contributed by atoms with van der Waals surface area (Å²) in [7, 11) is 0. The number of rotatable bonds is 7. The Balaban J connectivity index is 1.60. The molecule has 0 aliphatic heterocycles. The number of alkyl halides is 3. The van der Waals surface area contributed by atoms with Gasteiger partial charge in [-0.05, 0) is 37.0 Å². The molecule has 2 rings (SSSR count). The molecule has 1 aliphatic rings. The van der Waals surface area contributed by atoms with Gasteiger partial charge in [0, 0.05) is 25.6 Å². The van der Waals surface area contributed by atoms with Crippen molar-refractivity contribution in [1.29, 1.82) is 0 Å². The number of carbonyl (C=O) groups excluding carboxylic acids is 2. The van der Waals surface area contributed by atoms with E-state index in [0.717, 1.165) is 37.8 Å². The molecule has 3 amide bonds. The summed E-state index contributed by atoms with van der Waals surface area (Å²) in [5.41, 5.74) is -0.342. The van der Waals surface area contributed by atoms with Gasteiger partial charge in [0.15, 0.2) is 0 Å². The minimum absolute atomic E-state index is 0.0400. The van der Waals surface area contributed by atoms with Gasteiger partial charge in [0.25, 0.3) is 0 Å². The molecule has 0 aromatic heterocycles. The molecule has 0 radical (unpaired) electrons. The average Bonchev–Trinajstić information content (AvgIpc) is 2.64. The lowest BCUT2D eigenvalue weighted by molar-refractivity contribution is -0.137.